The zero-order valence-electron chi connectivity index (χ0n) is 16.5. The van der Waals surface area contributed by atoms with Crippen molar-refractivity contribution in [3.8, 4) is 17.3 Å². The number of hydrogen-bond acceptors (Lipinski definition) is 5. The van der Waals surface area contributed by atoms with Crippen LogP contribution in [-0.2, 0) is 0 Å². The zero-order chi connectivity index (χ0) is 20.7. The van der Waals surface area contributed by atoms with Gasteiger partial charge in [-0.2, -0.15) is 0 Å². The van der Waals surface area contributed by atoms with E-state index in [1.54, 1.807) is 36.8 Å². The Labute approximate surface area is 173 Å². The maximum atomic E-state index is 14.7. The Morgan fingerprint density at radius 2 is 1.93 bits per heavy atom. The second-order valence-corrected chi connectivity index (χ2v) is 7.93. The molecule has 3 heterocycles. The second kappa shape index (κ2) is 7.48. The average Bonchev–Trinajstić information content (AvgIpc) is 3.36. The van der Waals surface area contributed by atoms with E-state index in [1.165, 1.54) is 6.07 Å². The molecule has 0 unspecified atom stereocenters. The number of fused-ring (bicyclic) bond motifs is 2. The van der Waals surface area contributed by atoms with Gasteiger partial charge in [0.2, 0.25) is 5.88 Å². The van der Waals surface area contributed by atoms with Gasteiger partial charge >= 0.3 is 0 Å². The number of rotatable bonds is 4. The molecule has 1 saturated carbocycles. The van der Waals surface area contributed by atoms with Gasteiger partial charge in [-0.15, -0.1) is 0 Å². The maximum absolute atomic E-state index is 14.7. The fourth-order valence-electron chi connectivity index (χ4n) is 4.52. The number of ether oxygens (including phenoxy) is 1. The minimum Gasteiger partial charge on any atom is -0.472 e. The topological polar surface area (TPSA) is 68.2 Å². The van der Waals surface area contributed by atoms with Crippen LogP contribution in [0.3, 0.4) is 0 Å². The summed E-state index contributed by atoms with van der Waals surface area (Å²) in [5.74, 6) is 0.428. The van der Waals surface area contributed by atoms with Crippen LogP contribution in [0.25, 0.3) is 11.4 Å². The Morgan fingerprint density at radius 3 is 2.67 bits per heavy atom. The number of piperidine rings is 1. The number of benzene rings is 1. The number of hydrogen-bond donors (Lipinski definition) is 0. The predicted molar refractivity (Wildman–Crippen MR) is 108 cm³/mol. The highest BCUT2D eigenvalue weighted by Gasteiger charge is 2.48. The van der Waals surface area contributed by atoms with E-state index in [0.29, 0.717) is 18.3 Å². The minimum atomic E-state index is -0.506. The summed E-state index contributed by atoms with van der Waals surface area (Å²) in [5.41, 5.74) is 1.48. The minimum absolute atomic E-state index is 0.0570. The Balaban J connectivity index is 1.42. The summed E-state index contributed by atoms with van der Waals surface area (Å²) in [7, 11) is 0. The zero-order valence-corrected chi connectivity index (χ0v) is 16.5. The molecule has 1 amide bonds. The summed E-state index contributed by atoms with van der Waals surface area (Å²) < 4.78 is 20.8. The van der Waals surface area contributed by atoms with Crippen LogP contribution in [0.5, 0.6) is 5.88 Å². The number of carbonyl (C=O) groups is 1. The van der Waals surface area contributed by atoms with Crippen molar-refractivity contribution in [2.24, 2.45) is 5.92 Å². The van der Waals surface area contributed by atoms with Crippen molar-refractivity contribution in [3.63, 3.8) is 0 Å². The first-order chi connectivity index (χ1) is 14.6. The lowest BCUT2D eigenvalue weighted by Gasteiger charge is -2.33. The average molecular weight is 404 g/mol. The molecule has 1 aliphatic carbocycles. The first-order valence-corrected chi connectivity index (χ1v) is 10.1. The highest BCUT2D eigenvalue weighted by atomic mass is 19.1. The van der Waals surface area contributed by atoms with Crippen LogP contribution in [0.1, 0.15) is 28.8 Å². The van der Waals surface area contributed by atoms with Gasteiger partial charge in [-0.05, 0) is 49.4 Å². The lowest BCUT2D eigenvalue weighted by Crippen LogP contribution is -2.47. The molecule has 0 spiro atoms. The fourth-order valence-corrected chi connectivity index (χ4v) is 4.52. The Kier molecular flexibility index (Phi) is 4.65. The molecule has 2 aliphatic rings. The molecule has 3 atom stereocenters. The molecular weight excluding hydrogens is 383 g/mol. The van der Waals surface area contributed by atoms with Gasteiger partial charge in [-0.1, -0.05) is 12.1 Å². The number of pyridine rings is 1. The second-order valence-electron chi connectivity index (χ2n) is 7.93. The van der Waals surface area contributed by atoms with Crippen molar-refractivity contribution in [2.75, 3.05) is 6.54 Å². The van der Waals surface area contributed by atoms with E-state index in [1.807, 2.05) is 24.0 Å². The monoisotopic (exact) mass is 404 g/mol. The van der Waals surface area contributed by atoms with Gasteiger partial charge in [0.15, 0.2) is 5.82 Å². The molecule has 1 aliphatic heterocycles. The summed E-state index contributed by atoms with van der Waals surface area (Å²) in [6, 6.07) is 9.93. The van der Waals surface area contributed by atoms with Crippen LogP contribution in [0.4, 0.5) is 4.39 Å². The van der Waals surface area contributed by atoms with E-state index < -0.39 is 5.82 Å². The van der Waals surface area contributed by atoms with E-state index >= 15 is 0 Å². The van der Waals surface area contributed by atoms with Crippen molar-refractivity contribution in [3.05, 3.63) is 71.9 Å². The molecule has 0 radical (unpaired) electrons. The van der Waals surface area contributed by atoms with Gasteiger partial charge in [0.25, 0.3) is 5.91 Å². The van der Waals surface area contributed by atoms with E-state index in [0.717, 1.165) is 18.4 Å². The Bertz CT molecular complexity index is 1070. The maximum Gasteiger partial charge on any atom is 0.255 e. The molecule has 6 nitrogen and oxygen atoms in total. The number of carbonyl (C=O) groups excluding carboxylic acids is 1. The highest BCUT2D eigenvalue weighted by molar-refractivity contribution is 6.00. The highest BCUT2D eigenvalue weighted by Crippen LogP contribution is 2.41. The summed E-state index contributed by atoms with van der Waals surface area (Å²) in [5, 5.41) is 0. The smallest absolute Gasteiger partial charge is 0.255 e. The van der Waals surface area contributed by atoms with Gasteiger partial charge in [-0.25, -0.2) is 19.3 Å². The van der Waals surface area contributed by atoms with Gasteiger partial charge < -0.3 is 9.64 Å². The Morgan fingerprint density at radius 1 is 1.10 bits per heavy atom. The third kappa shape index (κ3) is 3.30. The Hall–Kier alpha value is -3.35. The number of aromatic nitrogens is 3. The van der Waals surface area contributed by atoms with Crippen LogP contribution in [0.15, 0.2) is 55.0 Å². The summed E-state index contributed by atoms with van der Waals surface area (Å²) in [4.78, 5) is 27.9. The number of likely N-dealkylation sites (tertiary alicyclic amines) is 1. The SMILES string of the molecule is Cc1ccc(O[C@@H]2C[C@H]3C[C@@H]2N(C(=O)c2cccc(F)c2-c2ncccn2)C3)nc1. The largest absolute Gasteiger partial charge is 0.472 e. The van der Waals surface area contributed by atoms with Crippen LogP contribution in [0.2, 0.25) is 0 Å². The summed E-state index contributed by atoms with van der Waals surface area (Å²) in [6.07, 6.45) is 6.51. The predicted octanol–water partition coefficient (Wildman–Crippen LogP) is 3.67. The molecule has 7 heteroatoms. The quantitative estimate of drug-likeness (QED) is 0.664. The van der Waals surface area contributed by atoms with Crippen molar-refractivity contribution < 1.29 is 13.9 Å². The van der Waals surface area contributed by atoms with Crippen LogP contribution in [0, 0.1) is 18.7 Å². The van der Waals surface area contributed by atoms with Gasteiger partial charge in [0, 0.05) is 31.2 Å². The van der Waals surface area contributed by atoms with Crippen molar-refractivity contribution in [1.29, 1.82) is 0 Å². The normalized spacial score (nSPS) is 22.3. The van der Waals surface area contributed by atoms with Crippen LogP contribution < -0.4 is 4.74 Å². The third-order valence-electron chi connectivity index (χ3n) is 5.88. The fraction of sp³-hybridized carbons (Fsp3) is 0.304. The molecule has 1 saturated heterocycles. The molecular formula is C23H21FN4O2. The molecule has 30 heavy (non-hydrogen) atoms. The molecule has 1 aromatic carbocycles. The molecule has 2 bridgehead atoms. The van der Waals surface area contributed by atoms with Crippen molar-refractivity contribution >= 4 is 5.91 Å². The molecule has 2 aromatic heterocycles. The third-order valence-corrected chi connectivity index (χ3v) is 5.88. The number of halogens is 1. The van der Waals surface area contributed by atoms with E-state index in [2.05, 4.69) is 15.0 Å². The number of aryl methyl sites for hydroxylation is 1. The van der Waals surface area contributed by atoms with Crippen molar-refractivity contribution in [1.82, 2.24) is 19.9 Å². The lowest BCUT2D eigenvalue weighted by atomic mass is 10.0. The number of nitrogens with zero attached hydrogens (tertiary/aromatic N) is 4. The standard InChI is InChI=1S/C23H21FN4O2/c1-14-6-7-20(27-12-14)30-19-11-15-10-18(19)28(13-15)23(29)16-4-2-5-17(24)21(16)22-25-8-3-9-26-22/h2-9,12,15,18-19H,10-11,13H2,1H3/t15-,18+,19-/m1/s1. The first-order valence-electron chi connectivity index (χ1n) is 10.1. The molecule has 152 valence electrons. The van der Waals surface area contributed by atoms with Gasteiger partial charge in [-0.3, -0.25) is 4.79 Å². The summed E-state index contributed by atoms with van der Waals surface area (Å²) in [6.45, 7) is 2.62. The summed E-state index contributed by atoms with van der Waals surface area (Å²) >= 11 is 0. The van der Waals surface area contributed by atoms with E-state index in [-0.39, 0.29) is 35.0 Å². The molecule has 5 rings (SSSR count). The lowest BCUT2D eigenvalue weighted by molar-refractivity contribution is 0.0467. The molecule has 0 N–H and O–H groups in total. The van der Waals surface area contributed by atoms with Gasteiger partial charge in [0.1, 0.15) is 11.9 Å². The van der Waals surface area contributed by atoms with Crippen LogP contribution in [-0.4, -0.2) is 44.4 Å². The number of amides is 1. The van der Waals surface area contributed by atoms with Crippen LogP contribution >= 0.6 is 0 Å². The molecule has 2 fully saturated rings. The van der Waals surface area contributed by atoms with E-state index in [9.17, 15) is 9.18 Å². The van der Waals surface area contributed by atoms with Gasteiger partial charge in [0.05, 0.1) is 17.2 Å². The van der Waals surface area contributed by atoms with E-state index in [4.69, 9.17) is 4.74 Å². The van der Waals surface area contributed by atoms with Crippen molar-refractivity contribution in [2.45, 2.75) is 31.9 Å². The molecule has 3 aromatic rings. The first kappa shape index (κ1) is 18.7.